The van der Waals surface area contributed by atoms with Crippen molar-refractivity contribution in [2.45, 2.75) is 19.9 Å². The summed E-state index contributed by atoms with van der Waals surface area (Å²) in [7, 11) is 0. The molecule has 34 heavy (non-hydrogen) atoms. The second-order valence-corrected chi connectivity index (χ2v) is 7.73. The Bertz CT molecular complexity index is 1430. The molecule has 1 N–H and O–H groups in total. The minimum absolute atomic E-state index is 0.210. The summed E-state index contributed by atoms with van der Waals surface area (Å²) in [5.41, 5.74) is 0.531. The molecule has 0 aliphatic carbocycles. The van der Waals surface area contributed by atoms with Gasteiger partial charge in [-0.2, -0.15) is 9.78 Å². The number of carbonyl (C=O) groups is 1. The SMILES string of the molecule is Cc1ccc(-n2nc(C(=O)NCCc3ccccn3)c(=O)n(Cc3cccc(F)c3)c2=O)cc1. The second kappa shape index (κ2) is 10.0. The fourth-order valence-electron chi connectivity index (χ4n) is 3.40. The number of benzene rings is 2. The molecule has 0 bridgehead atoms. The first-order chi connectivity index (χ1) is 16.4. The van der Waals surface area contributed by atoms with Crippen LogP contribution in [0.15, 0.2) is 82.5 Å². The van der Waals surface area contributed by atoms with Crippen molar-refractivity contribution in [3.05, 3.63) is 122 Å². The van der Waals surface area contributed by atoms with E-state index >= 15 is 0 Å². The van der Waals surface area contributed by atoms with E-state index in [2.05, 4.69) is 15.4 Å². The molecule has 0 aliphatic heterocycles. The fraction of sp³-hybridized carbons (Fsp3) is 0.160. The molecule has 2 aromatic carbocycles. The van der Waals surface area contributed by atoms with Gasteiger partial charge in [0, 0.05) is 24.9 Å². The Labute approximate surface area is 194 Å². The van der Waals surface area contributed by atoms with Crippen LogP contribution in [-0.2, 0) is 13.0 Å². The van der Waals surface area contributed by atoms with Crippen LogP contribution in [-0.4, -0.2) is 31.8 Å². The first-order valence-electron chi connectivity index (χ1n) is 10.7. The predicted molar refractivity (Wildman–Crippen MR) is 125 cm³/mol. The molecule has 0 fully saturated rings. The number of rotatable bonds is 7. The Balaban J connectivity index is 1.71. The number of hydrogen-bond acceptors (Lipinski definition) is 5. The lowest BCUT2D eigenvalue weighted by Crippen LogP contribution is -2.46. The molecule has 2 heterocycles. The fourth-order valence-corrected chi connectivity index (χ4v) is 3.40. The number of aryl methyl sites for hydroxylation is 1. The minimum atomic E-state index is -0.854. The molecule has 8 nitrogen and oxygen atoms in total. The molecule has 0 unspecified atom stereocenters. The summed E-state index contributed by atoms with van der Waals surface area (Å²) in [6.07, 6.45) is 2.11. The highest BCUT2D eigenvalue weighted by Gasteiger charge is 2.20. The number of carbonyl (C=O) groups excluding carboxylic acids is 1. The van der Waals surface area contributed by atoms with Gasteiger partial charge in [-0.1, -0.05) is 35.9 Å². The van der Waals surface area contributed by atoms with Gasteiger partial charge in [0.25, 0.3) is 11.5 Å². The van der Waals surface area contributed by atoms with Gasteiger partial charge in [-0.15, -0.1) is 0 Å². The molecule has 0 saturated carbocycles. The first kappa shape index (κ1) is 22.8. The lowest BCUT2D eigenvalue weighted by molar-refractivity contribution is 0.0944. The van der Waals surface area contributed by atoms with E-state index in [0.717, 1.165) is 20.5 Å². The van der Waals surface area contributed by atoms with Crippen LogP contribution < -0.4 is 16.6 Å². The number of pyridine rings is 1. The molecule has 0 saturated heterocycles. The van der Waals surface area contributed by atoms with Crippen molar-refractivity contribution in [1.82, 2.24) is 24.6 Å². The van der Waals surface area contributed by atoms with Crippen LogP contribution in [0.4, 0.5) is 4.39 Å². The predicted octanol–water partition coefficient (Wildman–Crippen LogP) is 2.26. The van der Waals surface area contributed by atoms with Crippen LogP contribution in [0.25, 0.3) is 5.69 Å². The van der Waals surface area contributed by atoms with E-state index in [1.54, 1.807) is 42.6 Å². The zero-order valence-electron chi connectivity index (χ0n) is 18.4. The second-order valence-electron chi connectivity index (χ2n) is 7.73. The van der Waals surface area contributed by atoms with E-state index in [1.807, 2.05) is 19.1 Å². The largest absolute Gasteiger partial charge is 0.352 e. The van der Waals surface area contributed by atoms with Crippen molar-refractivity contribution in [3.8, 4) is 5.69 Å². The van der Waals surface area contributed by atoms with E-state index < -0.39 is 28.7 Å². The third kappa shape index (κ3) is 5.15. The van der Waals surface area contributed by atoms with Gasteiger partial charge in [0.1, 0.15) is 5.82 Å². The van der Waals surface area contributed by atoms with Crippen molar-refractivity contribution in [1.29, 1.82) is 0 Å². The molecule has 0 spiro atoms. The zero-order chi connectivity index (χ0) is 24.1. The molecule has 172 valence electrons. The van der Waals surface area contributed by atoms with E-state index in [1.165, 1.54) is 18.2 Å². The maximum Gasteiger partial charge on any atom is 0.352 e. The molecular weight excluding hydrogens is 437 g/mol. The van der Waals surface area contributed by atoms with Gasteiger partial charge in [0.15, 0.2) is 0 Å². The van der Waals surface area contributed by atoms with Gasteiger partial charge < -0.3 is 5.32 Å². The lowest BCUT2D eigenvalue weighted by atomic mass is 10.2. The third-order valence-corrected chi connectivity index (χ3v) is 5.18. The van der Waals surface area contributed by atoms with Crippen LogP contribution in [0.5, 0.6) is 0 Å². The maximum absolute atomic E-state index is 13.7. The van der Waals surface area contributed by atoms with Gasteiger partial charge >= 0.3 is 5.69 Å². The first-order valence-corrected chi connectivity index (χ1v) is 10.7. The highest BCUT2D eigenvalue weighted by molar-refractivity contribution is 5.91. The highest BCUT2D eigenvalue weighted by atomic mass is 19.1. The maximum atomic E-state index is 13.7. The van der Waals surface area contributed by atoms with Crippen LogP contribution >= 0.6 is 0 Å². The average Bonchev–Trinajstić information content (AvgIpc) is 2.83. The van der Waals surface area contributed by atoms with Crippen LogP contribution in [0.1, 0.15) is 27.3 Å². The van der Waals surface area contributed by atoms with Crippen molar-refractivity contribution < 1.29 is 9.18 Å². The molecule has 0 aliphatic rings. The topological polar surface area (TPSA) is 98.9 Å². The van der Waals surface area contributed by atoms with Gasteiger partial charge in [-0.25, -0.2) is 9.18 Å². The van der Waals surface area contributed by atoms with Crippen molar-refractivity contribution >= 4 is 5.91 Å². The Kier molecular flexibility index (Phi) is 6.72. The summed E-state index contributed by atoms with van der Waals surface area (Å²) in [6, 6.07) is 18.0. The standard InChI is InChI=1S/C25H22FN5O3/c1-17-8-10-21(11-9-17)31-25(34)30(16-18-5-4-6-19(26)15-18)24(33)22(29-31)23(32)28-14-12-20-7-2-3-13-27-20/h2-11,13,15H,12,14,16H2,1H3,(H,28,32). The van der Waals surface area contributed by atoms with E-state index in [9.17, 15) is 18.8 Å². The zero-order valence-corrected chi connectivity index (χ0v) is 18.4. The van der Waals surface area contributed by atoms with Gasteiger partial charge in [0.05, 0.1) is 12.2 Å². The normalized spacial score (nSPS) is 10.8. The third-order valence-electron chi connectivity index (χ3n) is 5.18. The van der Waals surface area contributed by atoms with Crippen LogP contribution in [0.2, 0.25) is 0 Å². The van der Waals surface area contributed by atoms with Crippen molar-refractivity contribution in [2.24, 2.45) is 0 Å². The minimum Gasteiger partial charge on any atom is -0.350 e. The van der Waals surface area contributed by atoms with E-state index in [0.29, 0.717) is 17.7 Å². The Morgan fingerprint density at radius 3 is 2.53 bits per heavy atom. The molecule has 0 radical (unpaired) electrons. The summed E-state index contributed by atoms with van der Waals surface area (Å²) >= 11 is 0. The molecule has 0 atom stereocenters. The smallest absolute Gasteiger partial charge is 0.350 e. The summed E-state index contributed by atoms with van der Waals surface area (Å²) in [5.74, 6) is -1.21. The monoisotopic (exact) mass is 459 g/mol. The van der Waals surface area contributed by atoms with Gasteiger partial charge in [-0.3, -0.25) is 19.1 Å². The summed E-state index contributed by atoms with van der Waals surface area (Å²) in [6.45, 7) is 1.91. The Morgan fingerprint density at radius 1 is 1.03 bits per heavy atom. The molecule has 4 rings (SSSR count). The summed E-state index contributed by atoms with van der Waals surface area (Å²) in [5, 5.41) is 6.75. The number of nitrogens with one attached hydrogen (secondary N) is 1. The molecule has 1 amide bonds. The Hall–Kier alpha value is -4.40. The van der Waals surface area contributed by atoms with E-state index in [-0.39, 0.29) is 13.1 Å². The molecule has 2 aromatic heterocycles. The average molecular weight is 459 g/mol. The van der Waals surface area contributed by atoms with Gasteiger partial charge in [0.2, 0.25) is 5.69 Å². The molecule has 9 heteroatoms. The Morgan fingerprint density at radius 2 is 1.82 bits per heavy atom. The lowest BCUT2D eigenvalue weighted by Gasteiger charge is -2.12. The quantitative estimate of drug-likeness (QED) is 0.457. The number of amides is 1. The summed E-state index contributed by atoms with van der Waals surface area (Å²) in [4.78, 5) is 43.4. The van der Waals surface area contributed by atoms with Crippen LogP contribution in [0.3, 0.4) is 0 Å². The summed E-state index contributed by atoms with van der Waals surface area (Å²) < 4.78 is 15.6. The van der Waals surface area contributed by atoms with Crippen molar-refractivity contribution in [3.63, 3.8) is 0 Å². The number of nitrogens with zero attached hydrogens (tertiary/aromatic N) is 4. The molecular formula is C25H22FN5O3. The van der Waals surface area contributed by atoms with Gasteiger partial charge in [-0.05, 0) is 48.9 Å². The highest BCUT2D eigenvalue weighted by Crippen LogP contribution is 2.07. The number of halogens is 1. The number of hydrogen-bond donors (Lipinski definition) is 1. The molecule has 4 aromatic rings. The van der Waals surface area contributed by atoms with Crippen molar-refractivity contribution in [2.75, 3.05) is 6.54 Å². The van der Waals surface area contributed by atoms with Crippen LogP contribution in [0, 0.1) is 12.7 Å². The van der Waals surface area contributed by atoms with E-state index in [4.69, 9.17) is 0 Å². The number of aromatic nitrogens is 4.